The maximum absolute atomic E-state index is 12.3. The zero-order valence-corrected chi connectivity index (χ0v) is 17.2. The number of anilines is 1. The summed E-state index contributed by atoms with van der Waals surface area (Å²) in [7, 11) is 3.51. The lowest BCUT2D eigenvalue weighted by Crippen LogP contribution is -2.39. The number of halogens is 3. The van der Waals surface area contributed by atoms with Crippen LogP contribution in [0.1, 0.15) is 6.42 Å². The number of amides is 2. The number of nitrogens with one attached hydrogen (secondary N) is 1. The Hall–Kier alpha value is -1.05. The van der Waals surface area contributed by atoms with Crippen LogP contribution in [-0.2, 0) is 9.59 Å². The van der Waals surface area contributed by atoms with E-state index in [1.54, 1.807) is 25.1 Å². The van der Waals surface area contributed by atoms with Crippen molar-refractivity contribution in [3.8, 4) is 0 Å². The molecule has 1 aliphatic rings. The second-order valence-corrected chi connectivity index (χ2v) is 7.71. The summed E-state index contributed by atoms with van der Waals surface area (Å²) in [6, 6.07) is 3.05. The summed E-state index contributed by atoms with van der Waals surface area (Å²) in [6.07, 6.45) is 0.904. The van der Waals surface area contributed by atoms with Gasteiger partial charge in [-0.15, -0.1) is 0 Å². The quantitative estimate of drug-likeness (QED) is 0.743. The van der Waals surface area contributed by atoms with Gasteiger partial charge < -0.3 is 10.2 Å². The Balaban J connectivity index is 1.86. The zero-order chi connectivity index (χ0) is 19.3. The standard InChI is InChI=1S/C17H23Cl3N4O2/c1-22(2)17(26)11-24-5-3-4-23(6-7-24)10-16(25)21-15-9-13(19)12(18)8-14(15)20/h8-9H,3-7,10-11H2,1-2H3,(H,21,25). The smallest absolute Gasteiger partial charge is 0.238 e. The molecule has 0 bridgehead atoms. The fraction of sp³-hybridized carbons (Fsp3) is 0.529. The van der Waals surface area contributed by atoms with Gasteiger partial charge >= 0.3 is 0 Å². The Morgan fingerprint density at radius 1 is 0.962 bits per heavy atom. The van der Waals surface area contributed by atoms with E-state index in [1.807, 2.05) is 0 Å². The zero-order valence-electron chi connectivity index (χ0n) is 14.9. The molecule has 1 fully saturated rings. The molecule has 0 aliphatic carbocycles. The highest BCUT2D eigenvalue weighted by Crippen LogP contribution is 2.32. The molecule has 0 radical (unpaired) electrons. The van der Waals surface area contributed by atoms with Crippen LogP contribution < -0.4 is 5.32 Å². The van der Waals surface area contributed by atoms with Crippen LogP contribution in [0.2, 0.25) is 15.1 Å². The van der Waals surface area contributed by atoms with Crippen molar-refractivity contribution in [3.63, 3.8) is 0 Å². The molecule has 1 aromatic carbocycles. The average molecular weight is 422 g/mol. The van der Waals surface area contributed by atoms with Gasteiger partial charge in [0.05, 0.1) is 33.8 Å². The molecule has 9 heteroatoms. The van der Waals surface area contributed by atoms with E-state index in [-0.39, 0.29) is 18.4 Å². The number of nitrogens with zero attached hydrogens (tertiary/aromatic N) is 3. The Bertz CT molecular complexity index is 670. The molecule has 0 spiro atoms. The summed E-state index contributed by atoms with van der Waals surface area (Å²) in [5.74, 6) is -0.0754. The van der Waals surface area contributed by atoms with E-state index in [0.29, 0.717) is 27.3 Å². The molecule has 0 aromatic heterocycles. The number of carbonyl (C=O) groups excluding carboxylic acids is 2. The predicted molar refractivity (Wildman–Crippen MR) is 106 cm³/mol. The van der Waals surface area contributed by atoms with Gasteiger partial charge in [-0.1, -0.05) is 34.8 Å². The predicted octanol–water partition coefficient (Wildman–Crippen LogP) is 2.68. The molecule has 1 aromatic rings. The number of benzene rings is 1. The van der Waals surface area contributed by atoms with Gasteiger partial charge in [-0.25, -0.2) is 0 Å². The van der Waals surface area contributed by atoms with Gasteiger partial charge in [-0.2, -0.15) is 0 Å². The summed E-state index contributed by atoms with van der Waals surface area (Å²) in [6.45, 7) is 3.78. The average Bonchev–Trinajstić information content (AvgIpc) is 2.77. The molecular formula is C17H23Cl3N4O2. The first kappa shape index (κ1) is 21.3. The number of likely N-dealkylation sites (N-methyl/N-ethyl adjacent to an activating group) is 1. The highest BCUT2D eigenvalue weighted by atomic mass is 35.5. The fourth-order valence-corrected chi connectivity index (χ4v) is 3.28. The van der Waals surface area contributed by atoms with Crippen molar-refractivity contribution in [2.75, 3.05) is 58.7 Å². The van der Waals surface area contributed by atoms with Gasteiger partial charge in [-0.3, -0.25) is 19.4 Å². The van der Waals surface area contributed by atoms with Crippen molar-refractivity contribution in [2.24, 2.45) is 0 Å². The van der Waals surface area contributed by atoms with Crippen molar-refractivity contribution in [1.82, 2.24) is 14.7 Å². The third-order valence-corrected chi connectivity index (χ3v) is 5.22. The maximum Gasteiger partial charge on any atom is 0.238 e. The topological polar surface area (TPSA) is 55.9 Å². The van der Waals surface area contributed by atoms with Crippen molar-refractivity contribution in [2.45, 2.75) is 6.42 Å². The fourth-order valence-electron chi connectivity index (χ4n) is 2.68. The third-order valence-electron chi connectivity index (χ3n) is 4.19. The molecule has 0 atom stereocenters. The Morgan fingerprint density at radius 3 is 2.15 bits per heavy atom. The van der Waals surface area contributed by atoms with Crippen LogP contribution in [0.3, 0.4) is 0 Å². The van der Waals surface area contributed by atoms with Crippen LogP contribution in [-0.4, -0.2) is 79.9 Å². The molecule has 2 amide bonds. The largest absolute Gasteiger partial charge is 0.348 e. The molecular weight excluding hydrogens is 399 g/mol. The second kappa shape index (κ2) is 9.76. The summed E-state index contributed by atoms with van der Waals surface area (Å²) >= 11 is 18.0. The van der Waals surface area contributed by atoms with Crippen molar-refractivity contribution in [1.29, 1.82) is 0 Å². The lowest BCUT2D eigenvalue weighted by Gasteiger charge is -2.22. The molecule has 1 saturated heterocycles. The van der Waals surface area contributed by atoms with Crippen molar-refractivity contribution in [3.05, 3.63) is 27.2 Å². The number of carbonyl (C=O) groups is 2. The number of rotatable bonds is 5. The van der Waals surface area contributed by atoms with E-state index in [9.17, 15) is 9.59 Å². The monoisotopic (exact) mass is 420 g/mol. The minimum absolute atomic E-state index is 0.0884. The molecule has 0 unspecified atom stereocenters. The van der Waals surface area contributed by atoms with Gasteiger partial charge in [0, 0.05) is 27.2 Å². The van der Waals surface area contributed by atoms with Crippen LogP contribution >= 0.6 is 34.8 Å². The maximum atomic E-state index is 12.3. The van der Waals surface area contributed by atoms with Gasteiger partial charge in [-0.05, 0) is 31.6 Å². The molecule has 1 heterocycles. The molecule has 26 heavy (non-hydrogen) atoms. The van der Waals surface area contributed by atoms with Crippen molar-refractivity contribution < 1.29 is 9.59 Å². The van der Waals surface area contributed by atoms with Gasteiger partial charge in [0.15, 0.2) is 0 Å². The SMILES string of the molecule is CN(C)C(=O)CN1CCCN(CC(=O)Nc2cc(Cl)c(Cl)cc2Cl)CC1. The number of hydrogen-bond donors (Lipinski definition) is 1. The molecule has 2 rings (SSSR count). The summed E-state index contributed by atoms with van der Waals surface area (Å²) in [4.78, 5) is 30.0. The first-order valence-corrected chi connectivity index (χ1v) is 9.49. The Morgan fingerprint density at radius 2 is 1.54 bits per heavy atom. The van der Waals surface area contributed by atoms with Crippen molar-refractivity contribution >= 4 is 52.3 Å². The molecule has 144 valence electrons. The first-order valence-electron chi connectivity index (χ1n) is 8.35. The normalized spacial score (nSPS) is 16.2. The van der Waals surface area contributed by atoms with Crippen LogP contribution in [0.25, 0.3) is 0 Å². The molecule has 1 aliphatic heterocycles. The lowest BCUT2D eigenvalue weighted by atomic mass is 10.3. The summed E-state index contributed by atoms with van der Waals surface area (Å²) in [5, 5.41) is 3.80. The Labute approximate surface area is 169 Å². The highest BCUT2D eigenvalue weighted by Gasteiger charge is 2.20. The third kappa shape index (κ3) is 6.28. The van der Waals surface area contributed by atoms with E-state index < -0.39 is 0 Å². The van der Waals surface area contributed by atoms with E-state index in [4.69, 9.17) is 34.8 Å². The van der Waals surface area contributed by atoms with E-state index in [1.165, 1.54) is 6.07 Å². The second-order valence-electron chi connectivity index (χ2n) is 6.49. The van der Waals surface area contributed by atoms with E-state index in [0.717, 1.165) is 32.6 Å². The lowest BCUT2D eigenvalue weighted by molar-refractivity contribution is -0.129. The van der Waals surface area contributed by atoms with Crippen LogP contribution in [0, 0.1) is 0 Å². The first-order chi connectivity index (χ1) is 12.3. The number of hydrogen-bond acceptors (Lipinski definition) is 4. The Kier molecular flexibility index (Phi) is 7.98. The molecule has 0 saturated carbocycles. The molecule has 1 N–H and O–H groups in total. The minimum Gasteiger partial charge on any atom is -0.348 e. The van der Waals surface area contributed by atoms with Crippen LogP contribution in [0.5, 0.6) is 0 Å². The van der Waals surface area contributed by atoms with E-state index in [2.05, 4.69) is 15.1 Å². The van der Waals surface area contributed by atoms with Gasteiger partial charge in [0.25, 0.3) is 0 Å². The van der Waals surface area contributed by atoms with Crippen LogP contribution in [0.15, 0.2) is 12.1 Å². The van der Waals surface area contributed by atoms with E-state index >= 15 is 0 Å². The minimum atomic E-state index is -0.164. The molecule has 6 nitrogen and oxygen atoms in total. The summed E-state index contributed by atoms with van der Waals surface area (Å²) in [5.41, 5.74) is 0.444. The highest BCUT2D eigenvalue weighted by molar-refractivity contribution is 6.44. The van der Waals surface area contributed by atoms with Gasteiger partial charge in [0.1, 0.15) is 0 Å². The van der Waals surface area contributed by atoms with Crippen LogP contribution in [0.4, 0.5) is 5.69 Å². The van der Waals surface area contributed by atoms with Gasteiger partial charge in [0.2, 0.25) is 11.8 Å². The summed E-state index contributed by atoms with van der Waals surface area (Å²) < 4.78 is 0.